The molecule has 0 spiro atoms. The summed E-state index contributed by atoms with van der Waals surface area (Å²) in [5.74, 6) is 0. The third-order valence-electron chi connectivity index (χ3n) is 9.68. The Bertz CT molecular complexity index is 2660. The summed E-state index contributed by atoms with van der Waals surface area (Å²) in [6.07, 6.45) is 8.13. The molecule has 7 aromatic rings. The maximum absolute atomic E-state index is 12.0. The van der Waals surface area contributed by atoms with Crippen molar-refractivity contribution >= 4 is 80.1 Å². The largest absolute Gasteiger partial charge is 0.354 e. The summed E-state index contributed by atoms with van der Waals surface area (Å²) >= 11 is 11.7. The lowest BCUT2D eigenvalue weighted by Gasteiger charge is -2.07. The fourth-order valence-corrected chi connectivity index (χ4v) is 7.42. The van der Waals surface area contributed by atoms with Crippen LogP contribution in [0, 0.1) is 0 Å². The average molecular weight is 740 g/mol. The number of carbonyl (C=O) groups is 2. The monoisotopic (exact) mass is 738 g/mol. The van der Waals surface area contributed by atoms with Gasteiger partial charge in [-0.3, -0.25) is 9.59 Å². The highest BCUT2D eigenvalue weighted by molar-refractivity contribution is 6.68. The predicted octanol–water partition coefficient (Wildman–Crippen LogP) is 12.1. The quantitative estimate of drug-likeness (QED) is 0.166. The van der Waals surface area contributed by atoms with Crippen LogP contribution >= 0.6 is 23.2 Å². The number of aromatic nitrogens is 4. The Balaban J connectivity index is 1.44. The van der Waals surface area contributed by atoms with E-state index in [1.807, 2.05) is 85.0 Å². The van der Waals surface area contributed by atoms with Crippen molar-refractivity contribution in [2.45, 2.75) is 0 Å². The van der Waals surface area contributed by atoms with Gasteiger partial charge in [0, 0.05) is 55.4 Å². The van der Waals surface area contributed by atoms with Crippen LogP contribution in [0.3, 0.4) is 0 Å². The third-order valence-corrected chi connectivity index (χ3v) is 10.1. The molecule has 2 aliphatic heterocycles. The molecule has 8 bridgehead atoms. The molecule has 258 valence electrons. The zero-order chi connectivity index (χ0) is 36.8. The molecular formula is C46H28Cl2N4O2. The number of H-pyrrole nitrogens is 2. The molecule has 4 aromatic carbocycles. The molecule has 0 fully saturated rings. The summed E-state index contributed by atoms with van der Waals surface area (Å²) in [6, 6.07) is 43.1. The normalized spacial score (nSPS) is 11.9. The molecule has 0 saturated heterocycles. The molecule has 2 N–H and O–H groups in total. The van der Waals surface area contributed by atoms with Gasteiger partial charge in [-0.25, -0.2) is 9.97 Å². The molecule has 0 radical (unpaired) electrons. The van der Waals surface area contributed by atoms with Gasteiger partial charge in [0.25, 0.3) is 10.5 Å². The van der Waals surface area contributed by atoms with Crippen LogP contribution in [0.2, 0.25) is 0 Å². The maximum atomic E-state index is 12.0. The molecule has 0 amide bonds. The van der Waals surface area contributed by atoms with Gasteiger partial charge in [-0.05, 0) is 118 Å². The van der Waals surface area contributed by atoms with Gasteiger partial charge >= 0.3 is 0 Å². The fourth-order valence-electron chi connectivity index (χ4n) is 7.17. The first-order chi connectivity index (χ1) is 26.4. The first-order valence-corrected chi connectivity index (χ1v) is 18.0. The Morgan fingerprint density at radius 2 is 0.648 bits per heavy atom. The first-order valence-electron chi connectivity index (χ1n) is 17.3. The fraction of sp³-hybridized carbons (Fsp3) is 0. The lowest BCUT2D eigenvalue weighted by atomic mass is 10.0. The SMILES string of the molecule is O=C(Cl)c1ccc(-c2c3nc(c(-c4ccccc4)c4ccc([nH]4)c(-c4ccc(C(=O)Cl)cc4)c4nc(c(-c5ccccc5)c5ccc2[nH]5)C=C4)C=C3)cc1. The van der Waals surface area contributed by atoms with E-state index in [-0.39, 0.29) is 0 Å². The Morgan fingerprint density at radius 3 is 0.926 bits per heavy atom. The van der Waals surface area contributed by atoms with Gasteiger partial charge in [0.05, 0.1) is 22.8 Å². The second-order valence-corrected chi connectivity index (χ2v) is 13.6. The number of halogens is 2. The molecule has 8 heteroatoms. The zero-order valence-electron chi connectivity index (χ0n) is 28.5. The Kier molecular flexibility index (Phi) is 8.47. The van der Waals surface area contributed by atoms with Crippen molar-refractivity contribution < 1.29 is 9.59 Å². The van der Waals surface area contributed by atoms with Crippen molar-refractivity contribution in [3.8, 4) is 44.5 Å². The highest BCUT2D eigenvalue weighted by atomic mass is 35.5. The van der Waals surface area contributed by atoms with Crippen molar-refractivity contribution in [1.82, 2.24) is 19.9 Å². The zero-order valence-corrected chi connectivity index (χ0v) is 30.0. The van der Waals surface area contributed by atoms with E-state index in [1.165, 1.54) is 0 Å². The summed E-state index contributed by atoms with van der Waals surface area (Å²) < 4.78 is 0. The van der Waals surface area contributed by atoms with Gasteiger partial charge in [-0.15, -0.1) is 0 Å². The minimum absolute atomic E-state index is 0.414. The summed E-state index contributed by atoms with van der Waals surface area (Å²) in [6.45, 7) is 0. The third kappa shape index (κ3) is 6.07. The summed E-state index contributed by atoms with van der Waals surface area (Å²) in [4.78, 5) is 42.0. The van der Waals surface area contributed by atoms with Crippen LogP contribution < -0.4 is 0 Å². The highest BCUT2D eigenvalue weighted by Crippen LogP contribution is 2.38. The number of hydrogen-bond donors (Lipinski definition) is 2. The Labute approximate surface area is 320 Å². The van der Waals surface area contributed by atoms with Gasteiger partial charge in [0.1, 0.15) is 0 Å². The number of nitrogens with one attached hydrogen (secondary N) is 2. The van der Waals surface area contributed by atoms with E-state index in [4.69, 9.17) is 33.2 Å². The van der Waals surface area contributed by atoms with Crippen LogP contribution in [0.1, 0.15) is 43.5 Å². The molecule has 5 heterocycles. The van der Waals surface area contributed by atoms with E-state index < -0.39 is 10.5 Å². The van der Waals surface area contributed by atoms with Crippen LogP contribution in [-0.4, -0.2) is 30.4 Å². The Morgan fingerprint density at radius 1 is 0.370 bits per heavy atom. The second-order valence-electron chi connectivity index (χ2n) is 12.9. The van der Waals surface area contributed by atoms with Crippen LogP contribution in [0.4, 0.5) is 0 Å². The lowest BCUT2D eigenvalue weighted by molar-refractivity contribution is 0.107. The molecular weight excluding hydrogens is 711 g/mol. The van der Waals surface area contributed by atoms with E-state index in [1.54, 1.807) is 24.3 Å². The number of nitrogens with zero attached hydrogens (tertiary/aromatic N) is 2. The predicted molar refractivity (Wildman–Crippen MR) is 221 cm³/mol. The molecule has 0 aliphatic carbocycles. The number of hydrogen-bond acceptors (Lipinski definition) is 4. The maximum Gasteiger partial charge on any atom is 0.252 e. The summed E-state index contributed by atoms with van der Waals surface area (Å²) in [5.41, 5.74) is 14.6. The van der Waals surface area contributed by atoms with Crippen LogP contribution in [-0.2, 0) is 0 Å². The minimum atomic E-state index is -0.515. The molecule has 0 unspecified atom stereocenters. The topological polar surface area (TPSA) is 91.5 Å². The van der Waals surface area contributed by atoms with Gasteiger partial charge < -0.3 is 9.97 Å². The van der Waals surface area contributed by atoms with Gasteiger partial charge in [0.15, 0.2) is 0 Å². The van der Waals surface area contributed by atoms with E-state index in [0.29, 0.717) is 11.1 Å². The molecule has 3 aromatic heterocycles. The number of aromatic amines is 2. The van der Waals surface area contributed by atoms with Crippen molar-refractivity contribution in [2.24, 2.45) is 0 Å². The summed E-state index contributed by atoms with van der Waals surface area (Å²) in [7, 11) is 0. The van der Waals surface area contributed by atoms with Gasteiger partial charge in [0.2, 0.25) is 0 Å². The summed E-state index contributed by atoms with van der Waals surface area (Å²) in [5, 5.41) is -1.03. The highest BCUT2D eigenvalue weighted by Gasteiger charge is 2.19. The van der Waals surface area contributed by atoms with E-state index in [0.717, 1.165) is 89.4 Å². The number of fused-ring (bicyclic) bond motifs is 8. The van der Waals surface area contributed by atoms with Crippen molar-refractivity contribution in [2.75, 3.05) is 0 Å². The van der Waals surface area contributed by atoms with E-state index in [9.17, 15) is 9.59 Å². The molecule has 2 aliphatic rings. The average Bonchev–Trinajstić information content (AvgIpc) is 4.04. The molecule has 6 nitrogen and oxygen atoms in total. The van der Waals surface area contributed by atoms with Gasteiger partial charge in [-0.1, -0.05) is 84.9 Å². The lowest BCUT2D eigenvalue weighted by Crippen LogP contribution is -1.91. The van der Waals surface area contributed by atoms with Crippen molar-refractivity contribution in [3.05, 3.63) is 167 Å². The van der Waals surface area contributed by atoms with E-state index >= 15 is 0 Å². The smallest absolute Gasteiger partial charge is 0.252 e. The van der Waals surface area contributed by atoms with Crippen LogP contribution in [0.5, 0.6) is 0 Å². The number of carbonyl (C=O) groups excluding carboxylic acids is 2. The van der Waals surface area contributed by atoms with Crippen LogP contribution in [0.15, 0.2) is 133 Å². The van der Waals surface area contributed by atoms with Crippen molar-refractivity contribution in [3.63, 3.8) is 0 Å². The minimum Gasteiger partial charge on any atom is -0.354 e. The molecule has 0 atom stereocenters. The van der Waals surface area contributed by atoms with Crippen molar-refractivity contribution in [1.29, 1.82) is 0 Å². The van der Waals surface area contributed by atoms with Gasteiger partial charge in [-0.2, -0.15) is 0 Å². The second kappa shape index (κ2) is 13.7. The van der Waals surface area contributed by atoms with E-state index in [2.05, 4.69) is 58.5 Å². The molecule has 0 saturated carbocycles. The molecule has 9 rings (SSSR count). The first kappa shape index (κ1) is 33.3. The number of rotatable bonds is 6. The Hall–Kier alpha value is -6.60. The molecule has 54 heavy (non-hydrogen) atoms. The van der Waals surface area contributed by atoms with Crippen LogP contribution in [0.25, 0.3) is 90.9 Å². The standard InChI is InChI=1S/C46H28Cl2N4O2/c47-45(53)31-15-11-29(12-16-31)43-37-23-19-33(49-37)41(27-7-3-1-4-8-27)34-20-24-38(50-34)44(30-13-17-32(18-14-30)46(48)54)40-26-22-36(52-40)42(28-9-5-2-6-10-28)35-21-25-39(43)51-35/h1-26,49,52H. The number of benzene rings is 4.